The molecule has 0 unspecified atom stereocenters. The van der Waals surface area contributed by atoms with E-state index in [-0.39, 0.29) is 0 Å². The van der Waals surface area contributed by atoms with Crippen LogP contribution in [0.1, 0.15) is 66.9 Å². The van der Waals surface area contributed by atoms with Crippen molar-refractivity contribution in [1.82, 2.24) is 9.80 Å². The first-order valence-electron chi connectivity index (χ1n) is 11.3. The maximum atomic E-state index is 5.64. The van der Waals surface area contributed by atoms with Gasteiger partial charge in [-0.3, -0.25) is 0 Å². The summed E-state index contributed by atoms with van der Waals surface area (Å²) >= 11 is 0. The lowest BCUT2D eigenvalue weighted by Gasteiger charge is -2.15. The molecule has 0 fully saturated rings. The van der Waals surface area contributed by atoms with Gasteiger partial charge in [-0.2, -0.15) is 0 Å². The molecule has 1 aromatic carbocycles. The summed E-state index contributed by atoms with van der Waals surface area (Å²) in [5, 5.41) is 0. The number of aryl methyl sites for hydroxylation is 1. The molecule has 0 amide bonds. The van der Waals surface area contributed by atoms with Gasteiger partial charge in [-0.1, -0.05) is 78.3 Å². The summed E-state index contributed by atoms with van der Waals surface area (Å²) in [6.07, 6.45) is 6.88. The Morgan fingerprint density at radius 3 is 1.89 bits per heavy atom. The lowest BCUT2D eigenvalue weighted by molar-refractivity contribution is 0.237. The molecule has 0 spiro atoms. The van der Waals surface area contributed by atoms with Crippen molar-refractivity contribution in [3.63, 3.8) is 0 Å². The molecular formula is C25H50N2O. The molecule has 0 aliphatic carbocycles. The van der Waals surface area contributed by atoms with E-state index >= 15 is 0 Å². The SMILES string of the molecule is CC.CC.CC.CCCN(C)CCOc1ccc(C)cc1.CN1CC=CCC1. The normalized spacial score (nSPS) is 12.1. The summed E-state index contributed by atoms with van der Waals surface area (Å²) < 4.78 is 5.64. The van der Waals surface area contributed by atoms with Gasteiger partial charge < -0.3 is 14.5 Å². The molecule has 1 aliphatic rings. The second kappa shape index (κ2) is 25.7. The first kappa shape index (κ1) is 31.4. The van der Waals surface area contributed by atoms with Gasteiger partial charge in [0.05, 0.1) is 0 Å². The van der Waals surface area contributed by atoms with E-state index in [1.165, 1.54) is 24.9 Å². The van der Waals surface area contributed by atoms with Gasteiger partial charge in [0.1, 0.15) is 12.4 Å². The molecule has 0 bridgehead atoms. The fourth-order valence-electron chi connectivity index (χ4n) is 2.21. The number of benzene rings is 1. The third kappa shape index (κ3) is 21.0. The van der Waals surface area contributed by atoms with Gasteiger partial charge in [-0.05, 0) is 52.5 Å². The Kier molecular flexibility index (Phi) is 28.8. The fraction of sp³-hybridized carbons (Fsp3) is 0.680. The minimum atomic E-state index is 0.763. The second-order valence-corrected chi connectivity index (χ2v) is 5.99. The molecule has 1 heterocycles. The maximum Gasteiger partial charge on any atom is 0.119 e. The van der Waals surface area contributed by atoms with Gasteiger partial charge in [0.2, 0.25) is 0 Å². The largest absolute Gasteiger partial charge is 0.492 e. The fourth-order valence-corrected chi connectivity index (χ4v) is 2.21. The zero-order valence-corrected chi connectivity index (χ0v) is 20.7. The van der Waals surface area contributed by atoms with Crippen molar-refractivity contribution in [3.8, 4) is 5.75 Å². The van der Waals surface area contributed by atoms with Crippen molar-refractivity contribution >= 4 is 0 Å². The van der Waals surface area contributed by atoms with Gasteiger partial charge in [0.25, 0.3) is 0 Å². The third-order valence-corrected chi connectivity index (χ3v) is 3.63. The Labute approximate surface area is 177 Å². The van der Waals surface area contributed by atoms with Crippen molar-refractivity contribution in [3.05, 3.63) is 42.0 Å². The molecule has 0 saturated carbocycles. The molecule has 166 valence electrons. The number of hydrogen-bond donors (Lipinski definition) is 0. The van der Waals surface area contributed by atoms with Crippen molar-refractivity contribution < 1.29 is 4.74 Å². The van der Waals surface area contributed by atoms with Crippen LogP contribution in [-0.2, 0) is 0 Å². The third-order valence-electron chi connectivity index (χ3n) is 3.63. The van der Waals surface area contributed by atoms with Crippen molar-refractivity contribution in [1.29, 1.82) is 0 Å². The van der Waals surface area contributed by atoms with E-state index in [4.69, 9.17) is 4.74 Å². The highest BCUT2D eigenvalue weighted by Gasteiger charge is 1.97. The van der Waals surface area contributed by atoms with Crippen LogP contribution in [0.2, 0.25) is 0 Å². The summed E-state index contributed by atoms with van der Waals surface area (Å²) in [6, 6.07) is 8.19. The average molecular weight is 395 g/mol. The van der Waals surface area contributed by atoms with Crippen LogP contribution in [0, 0.1) is 6.92 Å². The van der Waals surface area contributed by atoms with E-state index in [0.29, 0.717) is 0 Å². The highest BCUT2D eigenvalue weighted by Crippen LogP contribution is 2.10. The van der Waals surface area contributed by atoms with Crippen LogP contribution in [0.5, 0.6) is 5.75 Å². The minimum Gasteiger partial charge on any atom is -0.492 e. The van der Waals surface area contributed by atoms with Gasteiger partial charge >= 0.3 is 0 Å². The van der Waals surface area contributed by atoms with Gasteiger partial charge in [-0.15, -0.1) is 0 Å². The first-order valence-corrected chi connectivity index (χ1v) is 11.3. The van der Waals surface area contributed by atoms with Crippen LogP contribution in [0.4, 0.5) is 0 Å². The first-order chi connectivity index (χ1) is 13.6. The molecule has 0 aromatic heterocycles. The zero-order chi connectivity index (χ0) is 22.2. The predicted octanol–water partition coefficient (Wildman–Crippen LogP) is 6.67. The molecule has 0 atom stereocenters. The Bertz CT molecular complexity index is 415. The number of hydrogen-bond acceptors (Lipinski definition) is 3. The Balaban J connectivity index is -0.000000401. The van der Waals surface area contributed by atoms with Crippen LogP contribution in [-0.4, -0.2) is 56.7 Å². The highest BCUT2D eigenvalue weighted by molar-refractivity contribution is 5.26. The van der Waals surface area contributed by atoms with Crippen LogP contribution in [0.25, 0.3) is 0 Å². The van der Waals surface area contributed by atoms with Crippen LogP contribution in [0.3, 0.4) is 0 Å². The van der Waals surface area contributed by atoms with Crippen molar-refractivity contribution in [2.45, 2.75) is 68.2 Å². The standard InChI is InChI=1S/C13H21NO.C6H11N.3C2H6/c1-4-9-14(3)10-11-15-13-7-5-12(2)6-8-13;1-7-5-3-2-4-6-7;3*1-2/h5-8H,4,9-11H2,1-3H3;2-3H,4-6H2,1H3;3*1-2H3. The molecule has 1 aliphatic heterocycles. The second-order valence-electron chi connectivity index (χ2n) is 5.99. The van der Waals surface area contributed by atoms with Crippen LogP contribution >= 0.6 is 0 Å². The molecule has 0 saturated heterocycles. The number of likely N-dealkylation sites (N-methyl/N-ethyl adjacent to an activating group) is 2. The summed E-state index contributed by atoms with van der Waals surface area (Å²) in [4.78, 5) is 4.59. The summed E-state index contributed by atoms with van der Waals surface area (Å²) in [7, 11) is 4.27. The number of ether oxygens (including phenoxy) is 1. The quantitative estimate of drug-likeness (QED) is 0.501. The molecule has 1 aromatic rings. The summed E-state index contributed by atoms with van der Waals surface area (Å²) in [6.45, 7) is 21.5. The minimum absolute atomic E-state index is 0.763. The zero-order valence-electron chi connectivity index (χ0n) is 20.7. The lowest BCUT2D eigenvalue weighted by atomic mass is 10.2. The molecule has 3 heteroatoms. The molecular weight excluding hydrogens is 344 g/mol. The van der Waals surface area contributed by atoms with E-state index in [1.807, 2.05) is 53.7 Å². The molecule has 3 nitrogen and oxygen atoms in total. The Morgan fingerprint density at radius 1 is 0.929 bits per heavy atom. The molecule has 28 heavy (non-hydrogen) atoms. The predicted molar refractivity (Wildman–Crippen MR) is 130 cm³/mol. The average Bonchev–Trinajstić information content (AvgIpc) is 2.75. The lowest BCUT2D eigenvalue weighted by Crippen LogP contribution is -2.24. The molecule has 0 radical (unpaired) electrons. The van der Waals surface area contributed by atoms with Gasteiger partial charge in [-0.25, -0.2) is 0 Å². The highest BCUT2D eigenvalue weighted by atomic mass is 16.5. The monoisotopic (exact) mass is 394 g/mol. The number of rotatable bonds is 6. The van der Waals surface area contributed by atoms with Gasteiger partial charge in [0, 0.05) is 19.6 Å². The smallest absolute Gasteiger partial charge is 0.119 e. The maximum absolute atomic E-state index is 5.64. The summed E-state index contributed by atoms with van der Waals surface area (Å²) in [5.74, 6) is 0.963. The molecule has 0 N–H and O–H groups in total. The number of nitrogens with zero attached hydrogens (tertiary/aromatic N) is 2. The Hall–Kier alpha value is -1.32. The molecule has 2 rings (SSSR count). The van der Waals surface area contributed by atoms with Crippen molar-refractivity contribution in [2.24, 2.45) is 0 Å². The van der Waals surface area contributed by atoms with Crippen LogP contribution < -0.4 is 4.74 Å². The summed E-state index contributed by atoms with van der Waals surface area (Å²) in [5.41, 5.74) is 1.27. The van der Waals surface area contributed by atoms with E-state index in [2.05, 4.69) is 62.0 Å². The Morgan fingerprint density at radius 2 is 1.50 bits per heavy atom. The van der Waals surface area contributed by atoms with Crippen LogP contribution in [0.15, 0.2) is 36.4 Å². The van der Waals surface area contributed by atoms with E-state index in [1.54, 1.807) is 0 Å². The van der Waals surface area contributed by atoms with Gasteiger partial charge in [0.15, 0.2) is 0 Å². The van der Waals surface area contributed by atoms with Crippen molar-refractivity contribution in [2.75, 3.05) is 46.9 Å². The van der Waals surface area contributed by atoms with E-state index in [9.17, 15) is 0 Å². The topological polar surface area (TPSA) is 15.7 Å². The van der Waals surface area contributed by atoms with E-state index < -0.39 is 0 Å². The van der Waals surface area contributed by atoms with E-state index in [0.717, 1.165) is 32.0 Å².